The van der Waals surface area contributed by atoms with E-state index in [9.17, 15) is 13.2 Å². The van der Waals surface area contributed by atoms with Gasteiger partial charge in [0.1, 0.15) is 12.4 Å². The molecule has 2 rings (SSSR count). The molecule has 1 aromatic heterocycles. The van der Waals surface area contributed by atoms with Gasteiger partial charge in [0.05, 0.1) is 5.56 Å². The van der Waals surface area contributed by atoms with Gasteiger partial charge in [0, 0.05) is 14.1 Å². The van der Waals surface area contributed by atoms with Crippen molar-refractivity contribution in [2.75, 3.05) is 14.1 Å². The van der Waals surface area contributed by atoms with E-state index in [2.05, 4.69) is 0 Å². The SMILES string of the molecule is Cc1cccc(C(=O)OCc2ccc(S(=O)(=O)N(C)C)o2)c1C. The lowest BCUT2D eigenvalue weighted by atomic mass is 10.0. The quantitative estimate of drug-likeness (QED) is 0.784. The molecule has 0 saturated heterocycles. The molecule has 0 N–H and O–H groups in total. The molecule has 0 aliphatic rings. The number of aryl methyl sites for hydroxylation is 1. The maximum Gasteiger partial charge on any atom is 0.338 e. The van der Waals surface area contributed by atoms with Crippen molar-refractivity contribution in [2.24, 2.45) is 0 Å². The van der Waals surface area contributed by atoms with Crippen LogP contribution < -0.4 is 0 Å². The third-order valence-corrected chi connectivity index (χ3v) is 5.23. The Kier molecular flexibility index (Phi) is 4.91. The number of hydrogen-bond acceptors (Lipinski definition) is 5. The molecule has 1 heterocycles. The lowest BCUT2D eigenvalue weighted by Crippen LogP contribution is -2.21. The normalized spacial score (nSPS) is 11.7. The van der Waals surface area contributed by atoms with Crippen LogP contribution in [0.15, 0.2) is 39.8 Å². The highest BCUT2D eigenvalue weighted by molar-refractivity contribution is 7.88. The summed E-state index contributed by atoms with van der Waals surface area (Å²) in [5.74, 6) is -0.205. The molecule has 0 radical (unpaired) electrons. The number of furan rings is 1. The van der Waals surface area contributed by atoms with Crippen LogP contribution in [0.25, 0.3) is 0 Å². The van der Waals surface area contributed by atoms with Crippen molar-refractivity contribution in [3.05, 3.63) is 52.8 Å². The van der Waals surface area contributed by atoms with Crippen molar-refractivity contribution >= 4 is 16.0 Å². The van der Waals surface area contributed by atoms with Gasteiger partial charge in [0.2, 0.25) is 5.09 Å². The zero-order valence-corrected chi connectivity index (χ0v) is 14.3. The number of ether oxygens (including phenoxy) is 1. The van der Waals surface area contributed by atoms with Gasteiger partial charge in [-0.25, -0.2) is 17.5 Å². The Labute approximate surface area is 135 Å². The second-order valence-electron chi connectivity index (χ2n) is 5.33. The van der Waals surface area contributed by atoms with Crippen molar-refractivity contribution in [1.29, 1.82) is 0 Å². The molecule has 124 valence electrons. The summed E-state index contributed by atoms with van der Waals surface area (Å²) in [6, 6.07) is 8.21. The van der Waals surface area contributed by atoms with Gasteiger partial charge in [-0.1, -0.05) is 12.1 Å². The number of nitrogens with zero attached hydrogens (tertiary/aromatic N) is 1. The number of carbonyl (C=O) groups is 1. The summed E-state index contributed by atoms with van der Waals surface area (Å²) >= 11 is 0. The molecule has 0 spiro atoms. The molecular formula is C16H19NO5S. The van der Waals surface area contributed by atoms with Crippen molar-refractivity contribution in [3.63, 3.8) is 0 Å². The molecule has 0 bridgehead atoms. The van der Waals surface area contributed by atoms with Gasteiger partial charge in [0.25, 0.3) is 10.0 Å². The van der Waals surface area contributed by atoms with Crippen LogP contribution >= 0.6 is 0 Å². The van der Waals surface area contributed by atoms with Gasteiger partial charge in [-0.05, 0) is 43.2 Å². The first-order valence-electron chi connectivity index (χ1n) is 6.98. The van der Waals surface area contributed by atoms with Crippen LogP contribution in [0, 0.1) is 13.8 Å². The van der Waals surface area contributed by atoms with Crippen molar-refractivity contribution in [2.45, 2.75) is 25.5 Å². The minimum atomic E-state index is -3.63. The highest BCUT2D eigenvalue weighted by atomic mass is 32.2. The Morgan fingerprint density at radius 2 is 1.87 bits per heavy atom. The van der Waals surface area contributed by atoms with Crippen LogP contribution in [0.2, 0.25) is 0 Å². The van der Waals surface area contributed by atoms with Crippen LogP contribution in [0.5, 0.6) is 0 Å². The van der Waals surface area contributed by atoms with E-state index in [0.29, 0.717) is 5.56 Å². The largest absolute Gasteiger partial charge is 0.454 e. The molecule has 0 unspecified atom stereocenters. The van der Waals surface area contributed by atoms with Crippen LogP contribution in [-0.2, 0) is 21.4 Å². The van der Waals surface area contributed by atoms with E-state index >= 15 is 0 Å². The highest BCUT2D eigenvalue weighted by Gasteiger charge is 2.22. The fourth-order valence-electron chi connectivity index (χ4n) is 1.94. The number of sulfonamides is 1. The molecule has 23 heavy (non-hydrogen) atoms. The summed E-state index contributed by atoms with van der Waals surface area (Å²) in [5, 5.41) is -0.180. The minimum Gasteiger partial charge on any atom is -0.454 e. The van der Waals surface area contributed by atoms with E-state index in [1.807, 2.05) is 19.9 Å². The van der Waals surface area contributed by atoms with Gasteiger partial charge in [0.15, 0.2) is 0 Å². The molecule has 0 saturated carbocycles. The molecule has 0 amide bonds. The molecule has 6 nitrogen and oxygen atoms in total. The van der Waals surface area contributed by atoms with E-state index < -0.39 is 16.0 Å². The second kappa shape index (κ2) is 6.55. The van der Waals surface area contributed by atoms with Gasteiger partial charge < -0.3 is 9.15 Å². The zero-order valence-electron chi connectivity index (χ0n) is 13.5. The predicted octanol–water partition coefficient (Wildman–Crippen LogP) is 2.50. The smallest absolute Gasteiger partial charge is 0.338 e. The molecular weight excluding hydrogens is 318 g/mol. The first-order valence-corrected chi connectivity index (χ1v) is 8.42. The first-order chi connectivity index (χ1) is 10.7. The summed E-state index contributed by atoms with van der Waals surface area (Å²) < 4.78 is 35.3. The molecule has 0 fully saturated rings. The Morgan fingerprint density at radius 3 is 2.52 bits per heavy atom. The number of hydrogen-bond donors (Lipinski definition) is 0. The Hall–Kier alpha value is -2.12. The summed E-state index contributed by atoms with van der Waals surface area (Å²) in [4.78, 5) is 12.1. The molecule has 0 aliphatic carbocycles. The third kappa shape index (κ3) is 3.62. The fourth-order valence-corrected chi connectivity index (χ4v) is 2.75. The lowest BCUT2D eigenvalue weighted by molar-refractivity contribution is 0.0439. The average Bonchev–Trinajstić information content (AvgIpc) is 2.97. The minimum absolute atomic E-state index is 0.130. The Balaban J connectivity index is 2.09. The molecule has 1 aromatic carbocycles. The number of rotatable bonds is 5. The summed E-state index contributed by atoms with van der Waals surface area (Å²) in [5.41, 5.74) is 2.34. The van der Waals surface area contributed by atoms with Crippen molar-refractivity contribution in [1.82, 2.24) is 4.31 Å². The molecule has 2 aromatic rings. The average molecular weight is 337 g/mol. The van der Waals surface area contributed by atoms with E-state index in [0.717, 1.165) is 15.4 Å². The van der Waals surface area contributed by atoms with Crippen molar-refractivity contribution < 1.29 is 22.4 Å². The zero-order chi connectivity index (χ0) is 17.2. The van der Waals surface area contributed by atoms with E-state index in [1.165, 1.54) is 26.2 Å². The monoisotopic (exact) mass is 337 g/mol. The number of carbonyl (C=O) groups excluding carboxylic acids is 1. The van der Waals surface area contributed by atoms with E-state index in [4.69, 9.17) is 9.15 Å². The van der Waals surface area contributed by atoms with Crippen LogP contribution in [-0.4, -0.2) is 32.8 Å². The standard InChI is InChI=1S/C16H19NO5S/c1-11-6-5-7-14(12(11)2)16(18)21-10-13-8-9-15(22-13)23(19,20)17(3)4/h5-9H,10H2,1-4H3. The van der Waals surface area contributed by atoms with Crippen molar-refractivity contribution in [3.8, 4) is 0 Å². The topological polar surface area (TPSA) is 76.8 Å². The fraction of sp³-hybridized carbons (Fsp3) is 0.312. The predicted molar refractivity (Wildman–Crippen MR) is 84.6 cm³/mol. The molecule has 7 heteroatoms. The third-order valence-electron chi connectivity index (χ3n) is 3.54. The van der Waals surface area contributed by atoms with Gasteiger partial charge >= 0.3 is 5.97 Å². The Bertz CT molecular complexity index is 821. The van der Waals surface area contributed by atoms with E-state index in [-0.39, 0.29) is 17.5 Å². The summed E-state index contributed by atoms with van der Waals surface area (Å²) in [6.45, 7) is 3.63. The maximum atomic E-state index is 12.1. The first kappa shape index (κ1) is 17.2. The van der Waals surface area contributed by atoms with Gasteiger partial charge in [-0.2, -0.15) is 0 Å². The lowest BCUT2D eigenvalue weighted by Gasteiger charge is -2.09. The van der Waals surface area contributed by atoms with Crippen LogP contribution in [0.1, 0.15) is 27.2 Å². The Morgan fingerprint density at radius 1 is 1.17 bits per heavy atom. The summed E-state index contributed by atoms with van der Waals surface area (Å²) in [6.07, 6.45) is 0. The number of benzene rings is 1. The van der Waals surface area contributed by atoms with Crippen LogP contribution in [0.3, 0.4) is 0 Å². The second-order valence-corrected chi connectivity index (χ2v) is 7.41. The van der Waals surface area contributed by atoms with Gasteiger partial charge in [-0.15, -0.1) is 0 Å². The van der Waals surface area contributed by atoms with E-state index in [1.54, 1.807) is 12.1 Å². The summed E-state index contributed by atoms with van der Waals surface area (Å²) in [7, 11) is -0.803. The molecule has 0 atom stereocenters. The number of esters is 1. The highest BCUT2D eigenvalue weighted by Crippen LogP contribution is 2.19. The van der Waals surface area contributed by atoms with Gasteiger partial charge in [-0.3, -0.25) is 0 Å². The van der Waals surface area contributed by atoms with Crippen LogP contribution in [0.4, 0.5) is 0 Å². The maximum absolute atomic E-state index is 12.1. The molecule has 0 aliphatic heterocycles.